The molecule has 144 valence electrons. The van der Waals surface area contributed by atoms with Crippen LogP contribution in [0, 0.1) is 6.92 Å². The minimum absolute atomic E-state index is 0.181. The van der Waals surface area contributed by atoms with Crippen molar-refractivity contribution in [3.05, 3.63) is 64.4 Å². The van der Waals surface area contributed by atoms with Crippen LogP contribution in [-0.4, -0.2) is 34.6 Å². The van der Waals surface area contributed by atoms with Crippen LogP contribution in [0.1, 0.15) is 21.7 Å². The zero-order valence-electron chi connectivity index (χ0n) is 15.3. The van der Waals surface area contributed by atoms with Gasteiger partial charge in [0, 0.05) is 24.4 Å². The molecule has 1 amide bonds. The molecule has 1 aliphatic rings. The number of aromatic nitrogens is 2. The summed E-state index contributed by atoms with van der Waals surface area (Å²) in [7, 11) is 1.70. The summed E-state index contributed by atoms with van der Waals surface area (Å²) in [4.78, 5) is 14.5. The molecule has 3 aromatic rings. The molecule has 0 unspecified atom stereocenters. The van der Waals surface area contributed by atoms with Gasteiger partial charge in [-0.2, -0.15) is 5.10 Å². The van der Waals surface area contributed by atoms with Gasteiger partial charge in [-0.1, -0.05) is 17.7 Å². The molecule has 0 fully saturated rings. The topological polar surface area (TPSA) is 76.8 Å². The maximum absolute atomic E-state index is 13.0. The van der Waals surface area contributed by atoms with Crippen LogP contribution in [0.3, 0.4) is 0 Å². The highest BCUT2D eigenvalue weighted by molar-refractivity contribution is 6.31. The second-order valence-corrected chi connectivity index (χ2v) is 6.75. The van der Waals surface area contributed by atoms with Gasteiger partial charge in [0.25, 0.3) is 5.91 Å². The zero-order valence-corrected chi connectivity index (χ0v) is 16.1. The zero-order chi connectivity index (χ0) is 19.8. The Morgan fingerprint density at radius 1 is 1.25 bits per heavy atom. The molecule has 4 rings (SSSR count). The highest BCUT2D eigenvalue weighted by Gasteiger charge is 2.20. The summed E-state index contributed by atoms with van der Waals surface area (Å²) >= 11 is 6.20. The highest BCUT2D eigenvalue weighted by atomic mass is 35.5. The van der Waals surface area contributed by atoms with Gasteiger partial charge in [-0.05, 0) is 37.3 Å². The standard InChI is InChI=1S/C20H18ClN3O4/c1-12-19(21)16(10-25)22-24(12)15-5-3-4-13(8-15)20(26)23(2)14-6-7-17-18(9-14)28-11-27-17/h3-9,25H,10-11H2,1-2H3. The van der Waals surface area contributed by atoms with Gasteiger partial charge in [0.1, 0.15) is 5.69 Å². The van der Waals surface area contributed by atoms with E-state index >= 15 is 0 Å². The van der Waals surface area contributed by atoms with Gasteiger partial charge >= 0.3 is 0 Å². The Morgan fingerprint density at radius 2 is 2.04 bits per heavy atom. The SMILES string of the molecule is Cc1c(Cl)c(CO)nn1-c1cccc(C(=O)N(C)c2ccc3c(c2)OCO3)c1. The lowest BCUT2D eigenvalue weighted by Crippen LogP contribution is -2.26. The first kappa shape index (κ1) is 18.3. The van der Waals surface area contributed by atoms with Crippen molar-refractivity contribution in [1.82, 2.24) is 9.78 Å². The van der Waals surface area contributed by atoms with E-state index in [1.165, 1.54) is 0 Å². The average molecular weight is 400 g/mol. The molecule has 2 aromatic carbocycles. The number of ether oxygens (including phenoxy) is 2. The number of benzene rings is 2. The summed E-state index contributed by atoms with van der Waals surface area (Å²) in [6.07, 6.45) is 0. The number of hydrogen-bond acceptors (Lipinski definition) is 5. The number of rotatable bonds is 4. The molecule has 1 aliphatic heterocycles. The maximum atomic E-state index is 13.0. The molecule has 1 aromatic heterocycles. The summed E-state index contributed by atoms with van der Waals surface area (Å²) in [6.45, 7) is 1.74. The first-order valence-corrected chi connectivity index (χ1v) is 9.00. The predicted octanol–water partition coefficient (Wildman–Crippen LogP) is 3.33. The minimum Gasteiger partial charge on any atom is -0.454 e. The van der Waals surface area contributed by atoms with E-state index in [2.05, 4.69) is 5.10 Å². The quantitative estimate of drug-likeness (QED) is 0.728. The lowest BCUT2D eigenvalue weighted by molar-refractivity contribution is 0.0993. The number of amides is 1. The van der Waals surface area contributed by atoms with E-state index in [0.717, 1.165) is 0 Å². The molecule has 0 aliphatic carbocycles. The fourth-order valence-corrected chi connectivity index (χ4v) is 3.25. The van der Waals surface area contributed by atoms with Crippen molar-refractivity contribution in [3.8, 4) is 17.2 Å². The molecule has 8 heteroatoms. The third-order valence-electron chi connectivity index (χ3n) is 4.64. The van der Waals surface area contributed by atoms with E-state index in [9.17, 15) is 9.90 Å². The highest BCUT2D eigenvalue weighted by Crippen LogP contribution is 2.35. The molecule has 28 heavy (non-hydrogen) atoms. The van der Waals surface area contributed by atoms with Crippen LogP contribution in [0.25, 0.3) is 5.69 Å². The Bertz CT molecular complexity index is 1060. The van der Waals surface area contributed by atoms with Crippen molar-refractivity contribution in [3.63, 3.8) is 0 Å². The van der Waals surface area contributed by atoms with Crippen LogP contribution in [0.15, 0.2) is 42.5 Å². The van der Waals surface area contributed by atoms with Gasteiger partial charge in [-0.25, -0.2) is 4.68 Å². The molecule has 1 N–H and O–H groups in total. The Labute approximate surface area is 166 Å². The average Bonchev–Trinajstić information content (AvgIpc) is 3.31. The van der Waals surface area contributed by atoms with E-state index in [4.69, 9.17) is 21.1 Å². The normalized spacial score (nSPS) is 12.3. The summed E-state index contributed by atoms with van der Waals surface area (Å²) in [5, 5.41) is 14.1. The lowest BCUT2D eigenvalue weighted by atomic mass is 10.1. The molecule has 0 spiro atoms. The van der Waals surface area contributed by atoms with Gasteiger partial charge in [0.15, 0.2) is 11.5 Å². The van der Waals surface area contributed by atoms with E-state index in [1.54, 1.807) is 53.0 Å². The number of halogens is 1. The summed E-state index contributed by atoms with van der Waals surface area (Å²) < 4.78 is 12.3. The Balaban J connectivity index is 1.65. The van der Waals surface area contributed by atoms with Gasteiger partial charge in [0.05, 0.1) is 23.0 Å². The number of aliphatic hydroxyl groups excluding tert-OH is 1. The number of aliphatic hydroxyl groups is 1. The fourth-order valence-electron chi connectivity index (χ4n) is 3.07. The summed E-state index contributed by atoms with van der Waals surface area (Å²) in [6, 6.07) is 12.4. The largest absolute Gasteiger partial charge is 0.454 e. The molecule has 0 saturated carbocycles. The van der Waals surface area contributed by atoms with E-state index < -0.39 is 0 Å². The van der Waals surface area contributed by atoms with Gasteiger partial charge in [-0.15, -0.1) is 0 Å². The number of anilines is 1. The van der Waals surface area contributed by atoms with Crippen LogP contribution in [0.5, 0.6) is 11.5 Å². The van der Waals surface area contributed by atoms with E-state index in [1.807, 2.05) is 13.0 Å². The summed E-state index contributed by atoms with van der Waals surface area (Å²) in [5.41, 5.74) is 2.96. The van der Waals surface area contributed by atoms with E-state index in [-0.39, 0.29) is 19.3 Å². The Morgan fingerprint density at radius 3 is 2.79 bits per heavy atom. The van der Waals surface area contributed by atoms with Crippen LogP contribution >= 0.6 is 11.6 Å². The molecule has 0 radical (unpaired) electrons. The lowest BCUT2D eigenvalue weighted by Gasteiger charge is -2.18. The van der Waals surface area contributed by atoms with Gasteiger partial charge < -0.3 is 19.5 Å². The molecule has 0 bridgehead atoms. The monoisotopic (exact) mass is 399 g/mol. The van der Waals surface area contributed by atoms with Crippen molar-refractivity contribution < 1.29 is 19.4 Å². The summed E-state index contributed by atoms with van der Waals surface area (Å²) in [5.74, 6) is 1.10. The van der Waals surface area contributed by atoms with Gasteiger partial charge in [-0.3, -0.25) is 4.79 Å². The Hall–Kier alpha value is -3.03. The van der Waals surface area contributed by atoms with Gasteiger partial charge in [0.2, 0.25) is 6.79 Å². The minimum atomic E-state index is -0.252. The number of hydrogen-bond donors (Lipinski definition) is 1. The third-order valence-corrected chi connectivity index (χ3v) is 5.14. The number of carbonyl (C=O) groups excluding carboxylic acids is 1. The second-order valence-electron chi connectivity index (χ2n) is 6.37. The van der Waals surface area contributed by atoms with Crippen molar-refractivity contribution >= 4 is 23.2 Å². The number of nitrogens with zero attached hydrogens (tertiary/aromatic N) is 3. The number of carbonyl (C=O) groups is 1. The number of fused-ring (bicyclic) bond motifs is 1. The second kappa shape index (κ2) is 7.18. The Kier molecular flexibility index (Phi) is 4.70. The van der Waals surface area contributed by atoms with Crippen molar-refractivity contribution in [1.29, 1.82) is 0 Å². The molecule has 7 nitrogen and oxygen atoms in total. The van der Waals surface area contributed by atoms with Crippen LogP contribution in [0.2, 0.25) is 5.02 Å². The predicted molar refractivity (Wildman–Crippen MR) is 105 cm³/mol. The first-order chi connectivity index (χ1) is 13.5. The van der Waals surface area contributed by atoms with Crippen LogP contribution in [-0.2, 0) is 6.61 Å². The molecule has 0 atom stereocenters. The fraction of sp³-hybridized carbons (Fsp3) is 0.200. The molecule has 0 saturated heterocycles. The molecular formula is C20H18ClN3O4. The van der Waals surface area contributed by atoms with Crippen molar-refractivity contribution in [2.24, 2.45) is 0 Å². The van der Waals surface area contributed by atoms with Crippen molar-refractivity contribution in [2.75, 3.05) is 18.7 Å². The maximum Gasteiger partial charge on any atom is 0.258 e. The van der Waals surface area contributed by atoms with Crippen molar-refractivity contribution in [2.45, 2.75) is 13.5 Å². The van der Waals surface area contributed by atoms with Crippen LogP contribution < -0.4 is 14.4 Å². The smallest absolute Gasteiger partial charge is 0.258 e. The molecular weight excluding hydrogens is 382 g/mol. The third kappa shape index (κ3) is 3.08. The molecule has 2 heterocycles. The van der Waals surface area contributed by atoms with Crippen LogP contribution in [0.4, 0.5) is 5.69 Å². The first-order valence-electron chi connectivity index (χ1n) is 8.62. The van der Waals surface area contributed by atoms with E-state index in [0.29, 0.717) is 44.8 Å².